The molecule has 0 aromatic carbocycles. The molecular weight excluding hydrogens is 298 g/mol. The van der Waals surface area contributed by atoms with Crippen molar-refractivity contribution in [1.82, 2.24) is 4.90 Å². The number of nitrogens with zero attached hydrogens (tertiary/aromatic N) is 1. The van der Waals surface area contributed by atoms with Crippen molar-refractivity contribution in [2.45, 2.75) is 70.3 Å². The van der Waals surface area contributed by atoms with Crippen molar-refractivity contribution < 1.29 is 9.90 Å². The third-order valence-electron chi connectivity index (χ3n) is 6.99. The van der Waals surface area contributed by atoms with Crippen LogP contribution >= 0.6 is 12.4 Å². The second kappa shape index (κ2) is 6.32. The Labute approximate surface area is 140 Å². The predicted molar refractivity (Wildman–Crippen MR) is 89.3 cm³/mol. The van der Waals surface area contributed by atoms with E-state index in [1.165, 1.54) is 51.4 Å². The summed E-state index contributed by atoms with van der Waals surface area (Å²) < 4.78 is 0. The highest BCUT2D eigenvalue weighted by atomic mass is 35.5. The van der Waals surface area contributed by atoms with Gasteiger partial charge >= 0.3 is 5.97 Å². The van der Waals surface area contributed by atoms with Crippen LogP contribution in [0.1, 0.15) is 64.2 Å². The van der Waals surface area contributed by atoms with Crippen molar-refractivity contribution in [2.75, 3.05) is 13.1 Å². The second-order valence-electron chi connectivity index (χ2n) is 8.55. The number of halogens is 1. The largest absolute Gasteiger partial charge is 0.480 e. The van der Waals surface area contributed by atoms with Gasteiger partial charge in [-0.25, -0.2) is 0 Å². The fourth-order valence-electron chi connectivity index (χ4n) is 6.52. The quantitative estimate of drug-likeness (QED) is 0.849. The van der Waals surface area contributed by atoms with Gasteiger partial charge < -0.3 is 5.11 Å². The van der Waals surface area contributed by atoms with Crippen molar-refractivity contribution in [3.05, 3.63) is 0 Å². The highest BCUT2D eigenvalue weighted by molar-refractivity contribution is 5.85. The minimum atomic E-state index is -0.597. The maximum absolute atomic E-state index is 11.4. The zero-order valence-corrected chi connectivity index (χ0v) is 14.3. The molecule has 4 saturated carbocycles. The smallest absolute Gasteiger partial charge is 0.320 e. The number of rotatable bonds is 4. The minimum Gasteiger partial charge on any atom is -0.480 e. The first-order chi connectivity index (χ1) is 10.1. The molecule has 3 nitrogen and oxygen atoms in total. The van der Waals surface area contributed by atoms with Crippen LogP contribution in [-0.2, 0) is 4.79 Å². The number of piperidine rings is 1. The summed E-state index contributed by atoms with van der Waals surface area (Å²) in [6, 6.07) is -0.201. The van der Waals surface area contributed by atoms with Gasteiger partial charge in [-0.1, -0.05) is 6.42 Å². The summed E-state index contributed by atoms with van der Waals surface area (Å²) in [6.07, 6.45) is 13.2. The molecule has 4 bridgehead atoms. The van der Waals surface area contributed by atoms with Crippen LogP contribution in [0.15, 0.2) is 0 Å². The molecule has 5 aliphatic rings. The Bertz CT molecular complexity index is 390. The Kier molecular flexibility index (Phi) is 4.76. The minimum absolute atomic E-state index is 0. The molecule has 1 unspecified atom stereocenters. The second-order valence-corrected chi connectivity index (χ2v) is 8.55. The van der Waals surface area contributed by atoms with E-state index in [-0.39, 0.29) is 18.4 Å². The van der Waals surface area contributed by atoms with Crippen molar-refractivity contribution in [2.24, 2.45) is 23.2 Å². The molecule has 0 spiro atoms. The SMILES string of the molecule is Cl.O=C(O)C1CCCCN1CCC12CC3CC(CC(C3)C1)C2. The summed E-state index contributed by atoms with van der Waals surface area (Å²) >= 11 is 0. The van der Waals surface area contributed by atoms with E-state index in [0.717, 1.165) is 43.7 Å². The maximum Gasteiger partial charge on any atom is 0.320 e. The number of hydrogen-bond acceptors (Lipinski definition) is 2. The van der Waals surface area contributed by atoms with Gasteiger partial charge in [0.05, 0.1) is 0 Å². The van der Waals surface area contributed by atoms with Gasteiger partial charge in [-0.3, -0.25) is 9.69 Å². The normalized spacial score (nSPS) is 43.8. The molecule has 5 fully saturated rings. The molecule has 1 aliphatic heterocycles. The molecule has 0 amide bonds. The lowest BCUT2D eigenvalue weighted by molar-refractivity contribution is -0.145. The van der Waals surface area contributed by atoms with Crippen molar-refractivity contribution >= 4 is 18.4 Å². The lowest BCUT2D eigenvalue weighted by Crippen LogP contribution is -2.50. The van der Waals surface area contributed by atoms with Gasteiger partial charge in [-0.05, 0) is 94.0 Å². The van der Waals surface area contributed by atoms with Crippen LogP contribution in [0, 0.1) is 23.2 Å². The molecule has 5 rings (SSSR count). The topological polar surface area (TPSA) is 40.5 Å². The van der Waals surface area contributed by atoms with Crippen LogP contribution in [0.5, 0.6) is 0 Å². The highest BCUT2D eigenvalue weighted by Gasteiger charge is 2.50. The first-order valence-electron chi connectivity index (χ1n) is 9.10. The number of carboxylic acids is 1. The Morgan fingerprint density at radius 3 is 2.18 bits per heavy atom. The van der Waals surface area contributed by atoms with Crippen LogP contribution in [0.25, 0.3) is 0 Å². The zero-order chi connectivity index (χ0) is 14.4. The van der Waals surface area contributed by atoms with Gasteiger partial charge in [0, 0.05) is 0 Å². The van der Waals surface area contributed by atoms with E-state index in [2.05, 4.69) is 4.90 Å². The summed E-state index contributed by atoms with van der Waals surface area (Å²) in [7, 11) is 0. The molecule has 4 aliphatic carbocycles. The van der Waals surface area contributed by atoms with E-state index in [4.69, 9.17) is 0 Å². The zero-order valence-electron chi connectivity index (χ0n) is 13.5. The first-order valence-corrected chi connectivity index (χ1v) is 9.10. The van der Waals surface area contributed by atoms with Gasteiger partial charge in [-0.2, -0.15) is 0 Å². The third-order valence-corrected chi connectivity index (χ3v) is 6.99. The Balaban J connectivity index is 0.00000144. The van der Waals surface area contributed by atoms with E-state index >= 15 is 0 Å². The summed E-state index contributed by atoms with van der Waals surface area (Å²) in [4.78, 5) is 13.7. The molecule has 1 atom stereocenters. The van der Waals surface area contributed by atoms with Gasteiger partial charge in [0.1, 0.15) is 6.04 Å². The Morgan fingerprint density at radius 2 is 1.64 bits per heavy atom. The summed E-state index contributed by atoms with van der Waals surface area (Å²) in [5, 5.41) is 9.43. The van der Waals surface area contributed by atoms with E-state index in [1.807, 2.05) is 0 Å². The molecule has 0 radical (unpaired) electrons. The molecule has 0 aromatic heterocycles. The average Bonchev–Trinajstić information content (AvgIpc) is 2.44. The first kappa shape index (κ1) is 16.6. The Hall–Kier alpha value is -0.280. The number of carboxylic acid groups (broad SMARTS) is 1. The van der Waals surface area contributed by atoms with Gasteiger partial charge in [-0.15, -0.1) is 12.4 Å². The highest BCUT2D eigenvalue weighted by Crippen LogP contribution is 2.61. The molecule has 1 heterocycles. The molecule has 1 N–H and O–H groups in total. The van der Waals surface area contributed by atoms with Crippen LogP contribution in [0.3, 0.4) is 0 Å². The summed E-state index contributed by atoms with van der Waals surface area (Å²) in [5.41, 5.74) is 0.593. The average molecular weight is 328 g/mol. The molecule has 22 heavy (non-hydrogen) atoms. The van der Waals surface area contributed by atoms with E-state index in [9.17, 15) is 9.90 Å². The van der Waals surface area contributed by atoms with Crippen molar-refractivity contribution in [3.63, 3.8) is 0 Å². The number of aliphatic carboxylic acids is 1. The van der Waals surface area contributed by atoms with E-state index in [0.29, 0.717) is 5.41 Å². The number of carbonyl (C=O) groups is 1. The van der Waals surface area contributed by atoms with Crippen LogP contribution in [0.2, 0.25) is 0 Å². The third kappa shape index (κ3) is 3.03. The number of hydrogen-bond donors (Lipinski definition) is 1. The summed E-state index contributed by atoms with van der Waals surface area (Å²) in [6.45, 7) is 2.03. The van der Waals surface area contributed by atoms with Crippen molar-refractivity contribution in [1.29, 1.82) is 0 Å². The van der Waals surface area contributed by atoms with Gasteiger partial charge in [0.2, 0.25) is 0 Å². The summed E-state index contributed by atoms with van der Waals surface area (Å²) in [5.74, 6) is 2.42. The lowest BCUT2D eigenvalue weighted by Gasteiger charge is -2.57. The van der Waals surface area contributed by atoms with Crippen LogP contribution < -0.4 is 0 Å². The molecule has 0 aromatic rings. The van der Waals surface area contributed by atoms with E-state index < -0.39 is 5.97 Å². The van der Waals surface area contributed by atoms with E-state index in [1.54, 1.807) is 0 Å². The van der Waals surface area contributed by atoms with Crippen LogP contribution in [0.4, 0.5) is 0 Å². The van der Waals surface area contributed by atoms with Crippen molar-refractivity contribution in [3.8, 4) is 0 Å². The fourth-order valence-corrected chi connectivity index (χ4v) is 6.52. The molecule has 1 saturated heterocycles. The standard InChI is InChI=1S/C18H29NO2.ClH/c20-17(21)16-3-1-2-5-19(16)6-4-18-10-13-7-14(11-18)9-15(8-13)12-18;/h13-16H,1-12H2,(H,20,21);1H. The Morgan fingerprint density at radius 1 is 1.05 bits per heavy atom. The van der Waals surface area contributed by atoms with Gasteiger partial charge in [0.25, 0.3) is 0 Å². The number of likely N-dealkylation sites (tertiary alicyclic amines) is 1. The monoisotopic (exact) mass is 327 g/mol. The molecule has 126 valence electrons. The molecule has 4 heteroatoms. The van der Waals surface area contributed by atoms with Crippen LogP contribution in [-0.4, -0.2) is 35.1 Å². The fraction of sp³-hybridized carbons (Fsp3) is 0.944. The lowest BCUT2D eigenvalue weighted by atomic mass is 9.49. The predicted octanol–water partition coefficient (Wildman–Crippen LogP) is 3.95. The molecular formula is C18H30ClNO2. The maximum atomic E-state index is 11.4. The van der Waals surface area contributed by atoms with Gasteiger partial charge in [0.15, 0.2) is 0 Å².